The first-order valence-electron chi connectivity index (χ1n) is 6.20. The lowest BCUT2D eigenvalue weighted by Gasteiger charge is -2.17. The number of rotatable bonds is 4. The molecule has 94 valence electrons. The molecule has 1 saturated heterocycles. The second-order valence-corrected chi connectivity index (χ2v) is 4.76. The summed E-state index contributed by atoms with van der Waals surface area (Å²) in [6.07, 6.45) is 1.16. The van der Waals surface area contributed by atoms with Crippen molar-refractivity contribution in [3.63, 3.8) is 0 Å². The fraction of sp³-hybridized carbons (Fsp3) is 0.571. The zero-order valence-corrected chi connectivity index (χ0v) is 10.4. The quantitative estimate of drug-likeness (QED) is 0.873. The first-order valence-corrected chi connectivity index (χ1v) is 6.20. The third kappa shape index (κ3) is 2.99. The van der Waals surface area contributed by atoms with Crippen molar-refractivity contribution in [2.45, 2.75) is 32.5 Å². The van der Waals surface area contributed by atoms with Gasteiger partial charge in [-0.05, 0) is 38.0 Å². The highest BCUT2D eigenvalue weighted by molar-refractivity contribution is 5.29. The van der Waals surface area contributed by atoms with Crippen molar-refractivity contribution in [3.8, 4) is 5.75 Å². The molecule has 2 unspecified atom stereocenters. The molecule has 0 amide bonds. The highest BCUT2D eigenvalue weighted by Gasteiger charge is 2.28. The van der Waals surface area contributed by atoms with Crippen LogP contribution < -0.4 is 4.74 Å². The van der Waals surface area contributed by atoms with Crippen molar-refractivity contribution in [1.29, 1.82) is 0 Å². The minimum absolute atomic E-state index is 0.0353. The molecule has 3 nitrogen and oxygen atoms in total. The molecule has 0 aliphatic carbocycles. The van der Waals surface area contributed by atoms with E-state index in [9.17, 15) is 5.11 Å². The molecule has 2 rings (SSSR count). The molecule has 0 aromatic heterocycles. The first-order chi connectivity index (χ1) is 8.20. The van der Waals surface area contributed by atoms with E-state index in [1.807, 2.05) is 38.1 Å². The topological polar surface area (TPSA) is 38.7 Å². The van der Waals surface area contributed by atoms with E-state index in [2.05, 4.69) is 0 Å². The summed E-state index contributed by atoms with van der Waals surface area (Å²) in [6, 6.07) is 7.98. The van der Waals surface area contributed by atoms with E-state index in [4.69, 9.17) is 9.47 Å². The molecule has 1 aromatic rings. The first kappa shape index (κ1) is 12.4. The standard InChI is InChI=1S/C14H20O3/c1-10(2)17-13-5-3-11(4-6-13)14-12(9-15)7-8-16-14/h3-6,10,12,14-15H,7-9H2,1-2H3. The molecule has 0 bridgehead atoms. The van der Waals surface area contributed by atoms with Gasteiger partial charge in [0.05, 0.1) is 12.2 Å². The molecule has 17 heavy (non-hydrogen) atoms. The Morgan fingerprint density at radius 2 is 2.06 bits per heavy atom. The van der Waals surface area contributed by atoms with E-state index in [-0.39, 0.29) is 24.7 Å². The van der Waals surface area contributed by atoms with Crippen molar-refractivity contribution in [3.05, 3.63) is 29.8 Å². The van der Waals surface area contributed by atoms with E-state index in [1.165, 1.54) is 0 Å². The summed E-state index contributed by atoms with van der Waals surface area (Å²) >= 11 is 0. The van der Waals surface area contributed by atoms with Crippen LogP contribution in [0.15, 0.2) is 24.3 Å². The van der Waals surface area contributed by atoms with Gasteiger partial charge in [0.25, 0.3) is 0 Å². The van der Waals surface area contributed by atoms with Gasteiger partial charge in [0, 0.05) is 19.1 Å². The van der Waals surface area contributed by atoms with E-state index < -0.39 is 0 Å². The Labute approximate surface area is 102 Å². The summed E-state index contributed by atoms with van der Waals surface area (Å²) in [7, 11) is 0. The second-order valence-electron chi connectivity index (χ2n) is 4.76. The average Bonchev–Trinajstić information content (AvgIpc) is 2.77. The molecule has 2 atom stereocenters. The molecule has 1 heterocycles. The van der Waals surface area contributed by atoms with Crippen LogP contribution in [0.1, 0.15) is 31.9 Å². The van der Waals surface area contributed by atoms with E-state index in [0.717, 1.165) is 24.3 Å². The lowest BCUT2D eigenvalue weighted by atomic mass is 9.96. The number of ether oxygens (including phenoxy) is 2. The number of aliphatic hydroxyl groups excluding tert-OH is 1. The van der Waals surface area contributed by atoms with Crippen molar-refractivity contribution in [1.82, 2.24) is 0 Å². The van der Waals surface area contributed by atoms with Gasteiger partial charge in [-0.2, -0.15) is 0 Å². The van der Waals surface area contributed by atoms with Crippen molar-refractivity contribution in [2.75, 3.05) is 13.2 Å². The normalized spacial score (nSPS) is 24.2. The maximum Gasteiger partial charge on any atom is 0.119 e. The molecule has 3 heteroatoms. The van der Waals surface area contributed by atoms with E-state index in [0.29, 0.717) is 0 Å². The van der Waals surface area contributed by atoms with Crippen LogP contribution in [-0.2, 0) is 4.74 Å². The molecule has 1 aliphatic rings. The Balaban J connectivity index is 2.07. The van der Waals surface area contributed by atoms with Gasteiger partial charge in [0.2, 0.25) is 0 Å². The molecule has 0 saturated carbocycles. The molecular weight excluding hydrogens is 216 g/mol. The van der Waals surface area contributed by atoms with E-state index >= 15 is 0 Å². The highest BCUT2D eigenvalue weighted by Crippen LogP contribution is 2.34. The predicted octanol–water partition coefficient (Wildman–Crippen LogP) is 2.54. The largest absolute Gasteiger partial charge is 0.491 e. The van der Waals surface area contributed by atoms with Gasteiger partial charge < -0.3 is 14.6 Å². The number of hydrogen-bond donors (Lipinski definition) is 1. The zero-order chi connectivity index (χ0) is 12.3. The monoisotopic (exact) mass is 236 g/mol. The number of benzene rings is 1. The summed E-state index contributed by atoms with van der Waals surface area (Å²) in [6.45, 7) is 4.95. The van der Waals surface area contributed by atoms with Crippen LogP contribution in [0.2, 0.25) is 0 Å². The van der Waals surface area contributed by atoms with Crippen LogP contribution in [0.3, 0.4) is 0 Å². The Morgan fingerprint density at radius 3 is 2.65 bits per heavy atom. The third-order valence-electron chi connectivity index (χ3n) is 3.03. The fourth-order valence-corrected chi connectivity index (χ4v) is 2.20. The molecule has 1 fully saturated rings. The Bertz CT molecular complexity index is 345. The van der Waals surface area contributed by atoms with Gasteiger partial charge in [0.15, 0.2) is 0 Å². The van der Waals surface area contributed by atoms with Crippen molar-refractivity contribution in [2.24, 2.45) is 5.92 Å². The lowest BCUT2D eigenvalue weighted by molar-refractivity contribution is 0.0720. The van der Waals surface area contributed by atoms with Gasteiger partial charge in [-0.15, -0.1) is 0 Å². The Kier molecular flexibility index (Phi) is 4.02. The summed E-state index contributed by atoms with van der Waals surface area (Å²) in [5.74, 6) is 1.11. The van der Waals surface area contributed by atoms with E-state index in [1.54, 1.807) is 0 Å². The van der Waals surface area contributed by atoms with Crippen LogP contribution in [0.4, 0.5) is 0 Å². The highest BCUT2D eigenvalue weighted by atomic mass is 16.5. The minimum atomic E-state index is 0.0353. The van der Waals surface area contributed by atoms with Gasteiger partial charge >= 0.3 is 0 Å². The zero-order valence-electron chi connectivity index (χ0n) is 10.4. The summed E-state index contributed by atoms with van der Waals surface area (Å²) in [5, 5.41) is 9.27. The summed E-state index contributed by atoms with van der Waals surface area (Å²) in [5.41, 5.74) is 1.12. The Morgan fingerprint density at radius 1 is 1.35 bits per heavy atom. The van der Waals surface area contributed by atoms with Crippen LogP contribution in [0.5, 0.6) is 5.75 Å². The van der Waals surface area contributed by atoms with Gasteiger partial charge in [-0.3, -0.25) is 0 Å². The molecule has 0 radical (unpaired) electrons. The number of aliphatic hydroxyl groups is 1. The van der Waals surface area contributed by atoms with Gasteiger partial charge in [-0.1, -0.05) is 12.1 Å². The number of hydrogen-bond acceptors (Lipinski definition) is 3. The molecular formula is C14H20O3. The van der Waals surface area contributed by atoms with Crippen LogP contribution in [-0.4, -0.2) is 24.4 Å². The minimum Gasteiger partial charge on any atom is -0.491 e. The smallest absolute Gasteiger partial charge is 0.119 e. The second kappa shape index (κ2) is 5.52. The molecule has 1 aliphatic heterocycles. The average molecular weight is 236 g/mol. The molecule has 1 aromatic carbocycles. The van der Waals surface area contributed by atoms with Crippen molar-refractivity contribution >= 4 is 0 Å². The molecule has 1 N–H and O–H groups in total. The summed E-state index contributed by atoms with van der Waals surface area (Å²) < 4.78 is 11.3. The lowest BCUT2D eigenvalue weighted by Crippen LogP contribution is -2.11. The fourth-order valence-electron chi connectivity index (χ4n) is 2.20. The van der Waals surface area contributed by atoms with Gasteiger partial charge in [-0.25, -0.2) is 0 Å². The maximum absolute atomic E-state index is 9.27. The van der Waals surface area contributed by atoms with Crippen LogP contribution >= 0.6 is 0 Å². The van der Waals surface area contributed by atoms with Crippen LogP contribution in [0.25, 0.3) is 0 Å². The maximum atomic E-state index is 9.27. The van der Waals surface area contributed by atoms with Gasteiger partial charge in [0.1, 0.15) is 5.75 Å². The van der Waals surface area contributed by atoms with Crippen molar-refractivity contribution < 1.29 is 14.6 Å². The Hall–Kier alpha value is -1.06. The van der Waals surface area contributed by atoms with Crippen LogP contribution in [0, 0.1) is 5.92 Å². The SMILES string of the molecule is CC(C)Oc1ccc(C2OCCC2CO)cc1. The third-order valence-corrected chi connectivity index (χ3v) is 3.03. The summed E-state index contributed by atoms with van der Waals surface area (Å²) in [4.78, 5) is 0. The predicted molar refractivity (Wildman–Crippen MR) is 66.1 cm³/mol. The molecule has 0 spiro atoms.